The van der Waals surface area contributed by atoms with Crippen LogP contribution < -0.4 is 16.4 Å². The Morgan fingerprint density at radius 3 is 2.74 bits per heavy atom. The van der Waals surface area contributed by atoms with E-state index in [2.05, 4.69) is 20.6 Å². The highest BCUT2D eigenvalue weighted by Crippen LogP contribution is 2.38. The van der Waals surface area contributed by atoms with E-state index < -0.39 is 17.1 Å². The molecule has 1 amide bonds. The third-order valence-corrected chi connectivity index (χ3v) is 3.83. The third kappa shape index (κ3) is 5.02. The predicted octanol–water partition coefficient (Wildman–Crippen LogP) is 1.45. The van der Waals surface area contributed by atoms with Gasteiger partial charge < -0.3 is 21.5 Å². The van der Waals surface area contributed by atoms with Gasteiger partial charge >= 0.3 is 0 Å². The van der Waals surface area contributed by atoms with Crippen LogP contribution in [0.5, 0.6) is 0 Å². The minimum atomic E-state index is -1.20. The normalized spacial score (nSPS) is 16.0. The maximum atomic E-state index is 13.4. The van der Waals surface area contributed by atoms with Gasteiger partial charge in [-0.05, 0) is 39.5 Å². The maximum Gasteiger partial charge on any atom is 0.254 e. The summed E-state index contributed by atoms with van der Waals surface area (Å²) in [5.41, 5.74) is 3.89. The topological polar surface area (TPSA) is 113 Å². The molecule has 1 aromatic heterocycles. The van der Waals surface area contributed by atoms with E-state index in [0.29, 0.717) is 31.2 Å². The zero-order valence-electron chi connectivity index (χ0n) is 13.5. The van der Waals surface area contributed by atoms with Crippen LogP contribution in [0.1, 0.15) is 49.9 Å². The Morgan fingerprint density at radius 1 is 1.52 bits per heavy atom. The van der Waals surface area contributed by atoms with Crippen molar-refractivity contribution < 1.29 is 14.3 Å². The lowest BCUT2D eigenvalue weighted by Gasteiger charge is -2.18. The van der Waals surface area contributed by atoms with E-state index in [1.165, 1.54) is 20.0 Å². The second-order valence-corrected chi connectivity index (χ2v) is 6.63. The van der Waals surface area contributed by atoms with Crippen molar-refractivity contribution in [2.24, 2.45) is 5.73 Å². The number of anilines is 2. The fourth-order valence-corrected chi connectivity index (χ4v) is 2.18. The number of aromatic nitrogens is 2. The van der Waals surface area contributed by atoms with E-state index >= 15 is 0 Å². The molecule has 0 saturated heterocycles. The van der Waals surface area contributed by atoms with Gasteiger partial charge in [-0.2, -0.15) is 4.98 Å². The van der Waals surface area contributed by atoms with E-state index in [9.17, 15) is 14.3 Å². The number of aliphatic hydroxyl groups is 1. The molecule has 8 heteroatoms. The number of nitrogens with two attached hydrogens (primary N) is 1. The van der Waals surface area contributed by atoms with Gasteiger partial charge in [-0.3, -0.25) is 4.79 Å². The number of hydrogen-bond acceptors (Lipinski definition) is 6. The molecule has 23 heavy (non-hydrogen) atoms. The number of rotatable bonds is 9. The first-order valence-electron chi connectivity index (χ1n) is 7.73. The van der Waals surface area contributed by atoms with Crippen molar-refractivity contribution in [2.75, 3.05) is 23.8 Å². The number of hydrogen-bond donors (Lipinski definition) is 4. The Bertz CT molecular complexity index is 569. The Morgan fingerprint density at radius 2 is 2.22 bits per heavy atom. The summed E-state index contributed by atoms with van der Waals surface area (Å²) in [4.78, 5) is 19.8. The van der Waals surface area contributed by atoms with E-state index in [1.54, 1.807) is 0 Å². The molecular weight excluding hydrogens is 301 g/mol. The molecule has 0 aromatic carbocycles. The Kier molecular flexibility index (Phi) is 5.03. The van der Waals surface area contributed by atoms with Crippen LogP contribution in [0.3, 0.4) is 0 Å². The molecule has 0 radical (unpaired) electrons. The van der Waals surface area contributed by atoms with Crippen LogP contribution in [0.25, 0.3) is 0 Å². The van der Waals surface area contributed by atoms with Crippen LogP contribution in [0.15, 0.2) is 6.20 Å². The molecule has 1 fully saturated rings. The molecule has 0 spiro atoms. The monoisotopic (exact) mass is 325 g/mol. The molecule has 0 bridgehead atoms. The molecule has 128 valence electrons. The van der Waals surface area contributed by atoms with Gasteiger partial charge in [-0.15, -0.1) is 0 Å². The number of halogens is 1. The summed E-state index contributed by atoms with van der Waals surface area (Å²) < 4.78 is 13.4. The minimum Gasteiger partial charge on any atom is -0.394 e. The molecule has 2 rings (SSSR count). The van der Waals surface area contributed by atoms with E-state index in [4.69, 9.17) is 5.73 Å². The molecule has 1 aliphatic carbocycles. The molecule has 0 atom stereocenters. The van der Waals surface area contributed by atoms with Gasteiger partial charge in [0.05, 0.1) is 17.7 Å². The van der Waals surface area contributed by atoms with Crippen molar-refractivity contribution in [1.29, 1.82) is 0 Å². The number of aliphatic hydroxyl groups excluding tert-OH is 1. The summed E-state index contributed by atoms with van der Waals surface area (Å²) in [6.45, 7) is 3.56. The maximum absolute atomic E-state index is 13.4. The van der Waals surface area contributed by atoms with Crippen molar-refractivity contribution in [3.05, 3.63) is 11.8 Å². The Hall–Kier alpha value is -1.96. The molecule has 0 unspecified atom stereocenters. The first-order chi connectivity index (χ1) is 10.7. The van der Waals surface area contributed by atoms with Crippen molar-refractivity contribution in [2.45, 2.75) is 50.7 Å². The number of amides is 1. The standard InChI is InChI=1S/C15H24FN5O2/c1-14(2,16)4-3-7-18-13-19-8-10(11(17)23)12(20-13)21-15(9-22)5-6-15/h8,22H,3-7,9H2,1-2H3,(H2,17,23)(H2,18,19,20,21). The van der Waals surface area contributed by atoms with Crippen molar-refractivity contribution in [3.8, 4) is 0 Å². The lowest BCUT2D eigenvalue weighted by atomic mass is 10.1. The lowest BCUT2D eigenvalue weighted by molar-refractivity contribution is 0.1000. The van der Waals surface area contributed by atoms with Crippen LogP contribution in [0, 0.1) is 0 Å². The average Bonchev–Trinajstić information content (AvgIpc) is 3.23. The summed E-state index contributed by atoms with van der Waals surface area (Å²) in [5, 5.41) is 15.5. The molecular formula is C15H24FN5O2. The summed E-state index contributed by atoms with van der Waals surface area (Å²) in [6.07, 6.45) is 4.03. The highest BCUT2D eigenvalue weighted by Gasteiger charge is 2.43. The summed E-state index contributed by atoms with van der Waals surface area (Å²) in [5.74, 6) is 0.0160. The first-order valence-corrected chi connectivity index (χ1v) is 7.73. The zero-order chi connectivity index (χ0) is 17.1. The SMILES string of the molecule is CC(C)(F)CCCNc1ncc(C(N)=O)c(NC2(CO)CC2)n1. The minimum absolute atomic E-state index is 0.0381. The van der Waals surface area contributed by atoms with Gasteiger partial charge in [0.15, 0.2) is 0 Å². The van der Waals surface area contributed by atoms with Crippen LogP contribution in [-0.2, 0) is 0 Å². The van der Waals surface area contributed by atoms with Crippen LogP contribution in [0.4, 0.5) is 16.2 Å². The molecule has 1 aromatic rings. The van der Waals surface area contributed by atoms with Crippen LogP contribution >= 0.6 is 0 Å². The Labute approximate surface area is 134 Å². The van der Waals surface area contributed by atoms with Gasteiger partial charge in [0.1, 0.15) is 11.5 Å². The predicted molar refractivity (Wildman–Crippen MR) is 86.1 cm³/mol. The second kappa shape index (κ2) is 6.66. The first kappa shape index (κ1) is 17.4. The van der Waals surface area contributed by atoms with Crippen LogP contribution in [-0.4, -0.2) is 45.3 Å². The smallest absolute Gasteiger partial charge is 0.254 e. The summed E-state index contributed by atoms with van der Waals surface area (Å²) >= 11 is 0. The molecule has 1 heterocycles. The van der Waals surface area contributed by atoms with Gasteiger partial charge in [0, 0.05) is 12.7 Å². The summed E-state index contributed by atoms with van der Waals surface area (Å²) in [6, 6.07) is 0. The second-order valence-electron chi connectivity index (χ2n) is 6.63. The van der Waals surface area contributed by atoms with Crippen molar-refractivity contribution in [1.82, 2.24) is 9.97 Å². The molecule has 0 aliphatic heterocycles. The Balaban J connectivity index is 2.02. The molecule has 1 aliphatic rings. The number of nitrogens with zero attached hydrogens (tertiary/aromatic N) is 2. The third-order valence-electron chi connectivity index (χ3n) is 3.83. The van der Waals surface area contributed by atoms with Crippen molar-refractivity contribution >= 4 is 17.7 Å². The number of nitrogens with one attached hydrogen (secondary N) is 2. The van der Waals surface area contributed by atoms with Gasteiger partial charge in [0.25, 0.3) is 5.91 Å². The van der Waals surface area contributed by atoms with E-state index in [1.807, 2.05) is 0 Å². The highest BCUT2D eigenvalue weighted by molar-refractivity contribution is 5.97. The summed E-state index contributed by atoms with van der Waals surface area (Å²) in [7, 11) is 0. The van der Waals surface area contributed by atoms with E-state index in [0.717, 1.165) is 12.8 Å². The van der Waals surface area contributed by atoms with Gasteiger partial charge in [-0.25, -0.2) is 9.37 Å². The van der Waals surface area contributed by atoms with Crippen molar-refractivity contribution in [3.63, 3.8) is 0 Å². The number of alkyl halides is 1. The van der Waals surface area contributed by atoms with Gasteiger partial charge in [-0.1, -0.05) is 0 Å². The fraction of sp³-hybridized carbons (Fsp3) is 0.667. The number of carbonyl (C=O) groups is 1. The average molecular weight is 325 g/mol. The largest absolute Gasteiger partial charge is 0.394 e. The number of carbonyl (C=O) groups excluding carboxylic acids is 1. The fourth-order valence-electron chi connectivity index (χ4n) is 2.18. The quantitative estimate of drug-likeness (QED) is 0.511. The number of primary amides is 1. The van der Waals surface area contributed by atoms with Crippen LogP contribution in [0.2, 0.25) is 0 Å². The van der Waals surface area contributed by atoms with E-state index in [-0.39, 0.29) is 12.2 Å². The lowest BCUT2D eigenvalue weighted by Crippen LogP contribution is -2.28. The molecule has 5 N–H and O–H groups in total. The molecule has 1 saturated carbocycles. The zero-order valence-corrected chi connectivity index (χ0v) is 13.5. The van der Waals surface area contributed by atoms with Gasteiger partial charge in [0.2, 0.25) is 5.95 Å². The molecule has 7 nitrogen and oxygen atoms in total. The highest BCUT2D eigenvalue weighted by atomic mass is 19.1.